The minimum atomic E-state index is -0.532. The molecule has 0 spiro atoms. The number of amides is 3. The molecule has 0 saturated carbocycles. The van der Waals surface area contributed by atoms with Crippen LogP contribution < -0.4 is 0 Å². The van der Waals surface area contributed by atoms with Gasteiger partial charge in [0.15, 0.2) is 12.2 Å². The Morgan fingerprint density at radius 2 is 1.74 bits per heavy atom. The third-order valence-electron chi connectivity index (χ3n) is 6.34. The first kappa shape index (κ1) is 21.4. The van der Waals surface area contributed by atoms with E-state index in [4.69, 9.17) is 9.73 Å². The fraction of sp³-hybridized carbons (Fsp3) is 0.522. The first-order valence-electron chi connectivity index (χ1n) is 10.9. The van der Waals surface area contributed by atoms with Gasteiger partial charge >= 0.3 is 6.03 Å². The summed E-state index contributed by atoms with van der Waals surface area (Å²) in [6.07, 6.45) is 0.352. The summed E-state index contributed by atoms with van der Waals surface area (Å²) >= 11 is 0. The monoisotopic (exact) mass is 425 g/mol. The largest absolute Gasteiger partial charge is 0.382 e. The Bertz CT molecular complexity index is 939. The summed E-state index contributed by atoms with van der Waals surface area (Å²) in [6.45, 7) is 10.5. The normalized spacial score (nSPS) is 23.1. The van der Waals surface area contributed by atoms with Crippen LogP contribution in [0.5, 0.6) is 0 Å². The second kappa shape index (κ2) is 8.34. The lowest BCUT2D eigenvalue weighted by atomic mass is 10.1. The van der Waals surface area contributed by atoms with Gasteiger partial charge in [-0.25, -0.2) is 9.79 Å². The number of allylic oxidation sites excluding steroid dienone is 2. The number of carbonyl (C=O) groups excluding carboxylic acids is 2. The van der Waals surface area contributed by atoms with E-state index >= 15 is 0 Å². The maximum absolute atomic E-state index is 13.5. The molecule has 8 nitrogen and oxygen atoms in total. The number of urea groups is 1. The van der Waals surface area contributed by atoms with Crippen molar-refractivity contribution in [1.29, 1.82) is 0 Å². The van der Waals surface area contributed by atoms with Crippen molar-refractivity contribution in [2.75, 3.05) is 26.8 Å². The van der Waals surface area contributed by atoms with Crippen molar-refractivity contribution in [2.45, 2.75) is 52.9 Å². The molecular weight excluding hydrogens is 394 g/mol. The minimum Gasteiger partial charge on any atom is -0.382 e. The second-order valence-corrected chi connectivity index (χ2v) is 8.33. The van der Waals surface area contributed by atoms with Crippen LogP contribution in [-0.2, 0) is 16.1 Å². The van der Waals surface area contributed by atoms with Crippen molar-refractivity contribution in [2.24, 2.45) is 4.99 Å². The van der Waals surface area contributed by atoms with Gasteiger partial charge in [-0.1, -0.05) is 29.8 Å². The quantitative estimate of drug-likeness (QED) is 0.629. The van der Waals surface area contributed by atoms with E-state index in [1.807, 2.05) is 49.9 Å². The zero-order chi connectivity index (χ0) is 22.3. The highest BCUT2D eigenvalue weighted by Gasteiger charge is 2.55. The molecular formula is C23H31N5O3. The van der Waals surface area contributed by atoms with Gasteiger partial charge in [-0.3, -0.25) is 14.6 Å². The molecule has 1 saturated heterocycles. The van der Waals surface area contributed by atoms with Gasteiger partial charge in [0.2, 0.25) is 5.96 Å². The van der Waals surface area contributed by atoms with E-state index in [0.717, 1.165) is 41.4 Å². The van der Waals surface area contributed by atoms with Crippen LogP contribution in [-0.4, -0.2) is 76.5 Å². The summed E-state index contributed by atoms with van der Waals surface area (Å²) in [6, 6.07) is 7.07. The van der Waals surface area contributed by atoms with Gasteiger partial charge in [0.1, 0.15) is 0 Å². The Morgan fingerprint density at radius 3 is 2.42 bits per heavy atom. The van der Waals surface area contributed by atoms with E-state index in [-0.39, 0.29) is 18.5 Å². The molecule has 2 unspecified atom stereocenters. The van der Waals surface area contributed by atoms with Crippen LogP contribution in [0, 0.1) is 6.92 Å². The van der Waals surface area contributed by atoms with Crippen molar-refractivity contribution in [3.8, 4) is 0 Å². The number of guanidine groups is 1. The zero-order valence-corrected chi connectivity index (χ0v) is 19.0. The molecule has 0 N–H and O–H groups in total. The third-order valence-corrected chi connectivity index (χ3v) is 6.34. The average Bonchev–Trinajstić information content (AvgIpc) is 3.25. The maximum atomic E-state index is 13.5. The molecule has 0 aromatic heterocycles. The Balaban J connectivity index is 1.58. The molecule has 1 aromatic rings. The maximum Gasteiger partial charge on any atom is 0.328 e. The Morgan fingerprint density at radius 1 is 1.03 bits per heavy atom. The molecule has 0 aliphatic carbocycles. The molecule has 3 aliphatic rings. The standard InChI is InChI=1S/C23H31N5O3/c1-6-31-13-7-12-26-16(3)17(4)28-19-20(24-22(26)28)25(5)23(30)27(21(19)29)14-18-10-8-15(2)9-11-18/h8-11,19-20H,6-7,12-14H2,1-5H3. The van der Waals surface area contributed by atoms with E-state index in [2.05, 4.69) is 11.8 Å². The number of aryl methyl sites for hydroxylation is 1. The van der Waals surface area contributed by atoms with Crippen molar-refractivity contribution in [3.63, 3.8) is 0 Å². The van der Waals surface area contributed by atoms with Gasteiger partial charge in [0.05, 0.1) is 6.54 Å². The summed E-state index contributed by atoms with van der Waals surface area (Å²) < 4.78 is 5.48. The lowest BCUT2D eigenvalue weighted by molar-refractivity contribution is -0.137. The summed E-state index contributed by atoms with van der Waals surface area (Å²) in [4.78, 5) is 38.5. The highest BCUT2D eigenvalue weighted by atomic mass is 16.5. The summed E-state index contributed by atoms with van der Waals surface area (Å²) in [5.41, 5.74) is 4.17. The number of ether oxygens (including phenoxy) is 1. The summed E-state index contributed by atoms with van der Waals surface area (Å²) in [7, 11) is 1.73. The molecule has 3 heterocycles. The highest BCUT2D eigenvalue weighted by molar-refractivity contribution is 6.05. The van der Waals surface area contributed by atoms with Crippen LogP contribution in [0.2, 0.25) is 0 Å². The lowest BCUT2D eigenvalue weighted by Gasteiger charge is -2.40. The van der Waals surface area contributed by atoms with Crippen molar-refractivity contribution in [1.82, 2.24) is 19.6 Å². The molecule has 1 aromatic carbocycles. The first-order valence-corrected chi connectivity index (χ1v) is 10.9. The SMILES string of the molecule is CCOCCCN1C2=NC3C(C(=O)N(Cc4ccc(C)cc4)C(=O)N3C)N2C(C)=C1C. The molecule has 4 rings (SSSR count). The van der Waals surface area contributed by atoms with Gasteiger partial charge in [0, 0.05) is 38.2 Å². The van der Waals surface area contributed by atoms with Crippen LogP contribution in [0.1, 0.15) is 38.3 Å². The predicted octanol–water partition coefficient (Wildman–Crippen LogP) is 2.75. The fourth-order valence-corrected chi connectivity index (χ4v) is 4.44. The number of fused-ring (bicyclic) bond motifs is 3. The van der Waals surface area contributed by atoms with E-state index in [1.165, 1.54) is 4.90 Å². The Labute approximate surface area is 183 Å². The number of imide groups is 1. The zero-order valence-electron chi connectivity index (χ0n) is 19.0. The number of rotatable bonds is 7. The van der Waals surface area contributed by atoms with Crippen molar-refractivity contribution >= 4 is 17.9 Å². The van der Waals surface area contributed by atoms with Crippen LogP contribution in [0.15, 0.2) is 40.7 Å². The van der Waals surface area contributed by atoms with E-state index in [0.29, 0.717) is 13.2 Å². The number of benzene rings is 1. The van der Waals surface area contributed by atoms with E-state index < -0.39 is 12.2 Å². The summed E-state index contributed by atoms with van der Waals surface area (Å²) in [5, 5.41) is 0. The Hall–Kier alpha value is -2.87. The van der Waals surface area contributed by atoms with Gasteiger partial charge in [-0.2, -0.15) is 0 Å². The van der Waals surface area contributed by atoms with Gasteiger partial charge in [0.25, 0.3) is 5.91 Å². The third kappa shape index (κ3) is 3.59. The first-order chi connectivity index (χ1) is 14.8. The van der Waals surface area contributed by atoms with E-state index in [1.54, 1.807) is 11.9 Å². The van der Waals surface area contributed by atoms with Gasteiger partial charge < -0.3 is 14.5 Å². The molecule has 31 heavy (non-hydrogen) atoms. The number of likely N-dealkylation sites (N-methyl/N-ethyl adjacent to an activating group) is 1. The van der Waals surface area contributed by atoms with Crippen LogP contribution in [0.25, 0.3) is 0 Å². The van der Waals surface area contributed by atoms with Crippen LogP contribution in [0.4, 0.5) is 4.79 Å². The topological polar surface area (TPSA) is 68.7 Å². The number of carbonyl (C=O) groups is 2. The van der Waals surface area contributed by atoms with Gasteiger partial charge in [-0.15, -0.1) is 0 Å². The molecule has 8 heteroatoms. The highest BCUT2D eigenvalue weighted by Crippen LogP contribution is 2.38. The van der Waals surface area contributed by atoms with Crippen molar-refractivity contribution in [3.05, 3.63) is 46.8 Å². The summed E-state index contributed by atoms with van der Waals surface area (Å²) in [5.74, 6) is 0.558. The van der Waals surface area contributed by atoms with Crippen LogP contribution >= 0.6 is 0 Å². The average molecular weight is 426 g/mol. The Kier molecular flexibility index (Phi) is 5.75. The molecule has 166 valence electrons. The smallest absolute Gasteiger partial charge is 0.328 e. The number of hydrogen-bond donors (Lipinski definition) is 0. The van der Waals surface area contributed by atoms with E-state index in [9.17, 15) is 9.59 Å². The molecule has 1 fully saturated rings. The second-order valence-electron chi connectivity index (χ2n) is 8.33. The molecule has 0 radical (unpaired) electrons. The number of nitrogens with zero attached hydrogens (tertiary/aromatic N) is 5. The molecule has 3 aliphatic heterocycles. The minimum absolute atomic E-state index is 0.198. The molecule has 0 bridgehead atoms. The van der Waals surface area contributed by atoms with Crippen molar-refractivity contribution < 1.29 is 14.3 Å². The number of aliphatic imine (C=N–C) groups is 1. The molecule has 3 amide bonds. The molecule has 2 atom stereocenters. The predicted molar refractivity (Wildman–Crippen MR) is 118 cm³/mol. The van der Waals surface area contributed by atoms with Crippen LogP contribution in [0.3, 0.4) is 0 Å². The fourth-order valence-electron chi connectivity index (χ4n) is 4.44. The van der Waals surface area contributed by atoms with Gasteiger partial charge in [-0.05, 0) is 39.7 Å². The lowest BCUT2D eigenvalue weighted by Crippen LogP contribution is -2.64. The number of hydrogen-bond acceptors (Lipinski definition) is 6.